The van der Waals surface area contributed by atoms with Crippen molar-refractivity contribution in [2.75, 3.05) is 5.32 Å². The summed E-state index contributed by atoms with van der Waals surface area (Å²) in [6.45, 7) is 4.88. The molecule has 20 heavy (non-hydrogen) atoms. The van der Waals surface area contributed by atoms with Gasteiger partial charge in [-0.15, -0.1) is 11.3 Å². The van der Waals surface area contributed by atoms with E-state index >= 15 is 0 Å². The summed E-state index contributed by atoms with van der Waals surface area (Å²) < 4.78 is 1.87. The molecule has 0 saturated carbocycles. The number of aromatic nitrogens is 3. The number of rotatable bonds is 4. The van der Waals surface area contributed by atoms with Gasteiger partial charge in [0.2, 0.25) is 0 Å². The van der Waals surface area contributed by atoms with E-state index in [1.165, 1.54) is 4.88 Å². The highest BCUT2D eigenvalue weighted by atomic mass is 32.1. The minimum absolute atomic E-state index is 0.790. The fourth-order valence-corrected chi connectivity index (χ4v) is 2.93. The van der Waals surface area contributed by atoms with Crippen LogP contribution in [0.3, 0.4) is 0 Å². The second-order valence-corrected chi connectivity index (χ2v) is 5.89. The Labute approximate surface area is 122 Å². The minimum atomic E-state index is 0.790. The molecule has 0 atom stereocenters. The fraction of sp³-hybridized carbons (Fsp3) is 0.200. The number of para-hydroxylation sites is 1. The highest BCUT2D eigenvalue weighted by Gasteiger charge is 2.05. The number of nitrogens with one attached hydrogen (secondary N) is 1. The van der Waals surface area contributed by atoms with E-state index in [2.05, 4.69) is 15.4 Å². The van der Waals surface area contributed by atoms with Gasteiger partial charge in [0, 0.05) is 4.88 Å². The van der Waals surface area contributed by atoms with Crippen LogP contribution in [0.15, 0.2) is 42.7 Å². The van der Waals surface area contributed by atoms with E-state index < -0.39 is 0 Å². The first kappa shape index (κ1) is 12.9. The van der Waals surface area contributed by atoms with Gasteiger partial charge >= 0.3 is 0 Å². The molecule has 0 aliphatic heterocycles. The Morgan fingerprint density at radius 3 is 2.70 bits per heavy atom. The van der Waals surface area contributed by atoms with Gasteiger partial charge in [0.1, 0.15) is 0 Å². The molecule has 5 heteroatoms. The van der Waals surface area contributed by atoms with Gasteiger partial charge < -0.3 is 5.32 Å². The molecular formula is C15H16N4S. The van der Waals surface area contributed by atoms with Crippen molar-refractivity contribution in [3.63, 3.8) is 0 Å². The summed E-state index contributed by atoms with van der Waals surface area (Å²) in [7, 11) is 0. The van der Waals surface area contributed by atoms with E-state index in [0.29, 0.717) is 0 Å². The lowest BCUT2D eigenvalue weighted by atomic mass is 10.3. The highest BCUT2D eigenvalue weighted by Crippen LogP contribution is 2.19. The molecule has 0 bridgehead atoms. The van der Waals surface area contributed by atoms with E-state index in [4.69, 9.17) is 0 Å². The molecule has 0 spiro atoms. The number of aryl methyl sites for hydroxylation is 2. The van der Waals surface area contributed by atoms with Crippen LogP contribution in [0.5, 0.6) is 0 Å². The van der Waals surface area contributed by atoms with E-state index in [1.54, 1.807) is 11.3 Å². The average molecular weight is 284 g/mol. The molecule has 3 rings (SSSR count). The molecule has 0 amide bonds. The Kier molecular flexibility index (Phi) is 3.52. The fourth-order valence-electron chi connectivity index (χ4n) is 2.06. The predicted molar refractivity (Wildman–Crippen MR) is 82.5 cm³/mol. The molecule has 0 aliphatic carbocycles. The zero-order chi connectivity index (χ0) is 13.9. The van der Waals surface area contributed by atoms with Crippen molar-refractivity contribution in [1.82, 2.24) is 14.8 Å². The normalized spacial score (nSPS) is 10.7. The number of anilines is 1. The van der Waals surface area contributed by atoms with Crippen LogP contribution in [0, 0.1) is 13.8 Å². The molecule has 0 unspecified atom stereocenters. The molecule has 1 N–H and O–H groups in total. The second-order valence-electron chi connectivity index (χ2n) is 4.60. The van der Waals surface area contributed by atoms with Crippen LogP contribution in [-0.4, -0.2) is 14.8 Å². The Balaban J connectivity index is 1.70. The minimum Gasteiger partial charge on any atom is -0.378 e. The molecule has 1 aromatic carbocycles. The number of thiazole rings is 1. The van der Waals surface area contributed by atoms with Crippen molar-refractivity contribution in [2.45, 2.75) is 20.4 Å². The first-order chi connectivity index (χ1) is 9.72. The predicted octanol–water partition coefficient (Wildman–Crippen LogP) is 3.56. The second kappa shape index (κ2) is 5.46. The van der Waals surface area contributed by atoms with Gasteiger partial charge in [0.25, 0.3) is 0 Å². The van der Waals surface area contributed by atoms with Gasteiger partial charge in [-0.05, 0) is 26.0 Å². The Morgan fingerprint density at radius 2 is 2.00 bits per heavy atom. The summed E-state index contributed by atoms with van der Waals surface area (Å²) in [4.78, 5) is 5.71. The topological polar surface area (TPSA) is 42.7 Å². The molecule has 4 nitrogen and oxygen atoms in total. The Morgan fingerprint density at radius 1 is 1.20 bits per heavy atom. The molecule has 102 valence electrons. The summed E-state index contributed by atoms with van der Waals surface area (Å²) in [5.74, 6) is 0. The van der Waals surface area contributed by atoms with Gasteiger partial charge in [0.05, 0.1) is 41.0 Å². The van der Waals surface area contributed by atoms with Crippen molar-refractivity contribution in [2.24, 2.45) is 0 Å². The van der Waals surface area contributed by atoms with Crippen molar-refractivity contribution >= 4 is 17.0 Å². The molecule has 3 aromatic rings. The monoisotopic (exact) mass is 284 g/mol. The third-order valence-corrected chi connectivity index (χ3v) is 4.13. The van der Waals surface area contributed by atoms with E-state index in [-0.39, 0.29) is 0 Å². The Hall–Kier alpha value is -2.14. The largest absolute Gasteiger partial charge is 0.378 e. The van der Waals surface area contributed by atoms with Crippen molar-refractivity contribution in [1.29, 1.82) is 0 Å². The van der Waals surface area contributed by atoms with E-state index in [9.17, 15) is 0 Å². The molecule has 0 saturated heterocycles. The van der Waals surface area contributed by atoms with E-state index in [1.807, 2.05) is 61.3 Å². The van der Waals surface area contributed by atoms with Crippen molar-refractivity contribution < 1.29 is 0 Å². The maximum atomic E-state index is 4.43. The van der Waals surface area contributed by atoms with Crippen molar-refractivity contribution in [3.8, 4) is 5.69 Å². The number of benzene rings is 1. The molecule has 2 heterocycles. The van der Waals surface area contributed by atoms with Crippen LogP contribution in [0.1, 0.15) is 15.6 Å². The van der Waals surface area contributed by atoms with Crippen LogP contribution in [0.2, 0.25) is 0 Å². The van der Waals surface area contributed by atoms with E-state index in [0.717, 1.165) is 28.6 Å². The van der Waals surface area contributed by atoms with Gasteiger partial charge in [0.15, 0.2) is 0 Å². The Bertz CT molecular complexity index is 700. The first-order valence-corrected chi connectivity index (χ1v) is 7.31. The smallest absolute Gasteiger partial charge is 0.0900 e. The summed E-state index contributed by atoms with van der Waals surface area (Å²) in [6.07, 6.45) is 3.84. The van der Waals surface area contributed by atoms with Gasteiger partial charge in [-0.2, -0.15) is 5.10 Å². The van der Waals surface area contributed by atoms with Crippen LogP contribution in [0.4, 0.5) is 5.69 Å². The average Bonchev–Trinajstić information content (AvgIpc) is 3.04. The highest BCUT2D eigenvalue weighted by molar-refractivity contribution is 7.11. The zero-order valence-electron chi connectivity index (χ0n) is 11.5. The van der Waals surface area contributed by atoms with Gasteiger partial charge in [-0.1, -0.05) is 18.2 Å². The standard InChI is InChI=1S/C15H16N4S/c1-11-15(20-12(2)18-11)9-16-13-8-17-19(10-13)14-6-4-3-5-7-14/h3-8,10,16H,9H2,1-2H3. The number of hydrogen-bond donors (Lipinski definition) is 1. The van der Waals surface area contributed by atoms with Gasteiger partial charge in [-0.3, -0.25) is 0 Å². The molecule has 0 radical (unpaired) electrons. The molecular weight excluding hydrogens is 268 g/mol. The van der Waals surface area contributed by atoms with Crippen LogP contribution >= 0.6 is 11.3 Å². The third-order valence-electron chi connectivity index (χ3n) is 3.06. The first-order valence-electron chi connectivity index (χ1n) is 6.49. The van der Waals surface area contributed by atoms with Crippen LogP contribution < -0.4 is 5.32 Å². The number of hydrogen-bond acceptors (Lipinski definition) is 4. The molecule has 0 fully saturated rings. The van der Waals surface area contributed by atoms with Crippen molar-refractivity contribution in [3.05, 3.63) is 58.3 Å². The quantitative estimate of drug-likeness (QED) is 0.796. The summed E-state index contributed by atoms with van der Waals surface area (Å²) in [6, 6.07) is 10.1. The van der Waals surface area contributed by atoms with Crippen LogP contribution in [0.25, 0.3) is 5.69 Å². The molecule has 0 aliphatic rings. The van der Waals surface area contributed by atoms with Gasteiger partial charge in [-0.25, -0.2) is 9.67 Å². The summed E-state index contributed by atoms with van der Waals surface area (Å²) in [5, 5.41) is 8.87. The zero-order valence-corrected chi connectivity index (χ0v) is 12.3. The number of nitrogens with zero attached hydrogens (tertiary/aromatic N) is 3. The maximum Gasteiger partial charge on any atom is 0.0900 e. The lowest BCUT2D eigenvalue weighted by Gasteiger charge is -2.02. The summed E-state index contributed by atoms with van der Waals surface area (Å²) in [5.41, 5.74) is 3.18. The SMILES string of the molecule is Cc1nc(C)c(CNc2cnn(-c3ccccc3)c2)s1. The maximum absolute atomic E-state index is 4.43. The third kappa shape index (κ3) is 2.72. The molecule has 2 aromatic heterocycles. The summed E-state index contributed by atoms with van der Waals surface area (Å²) >= 11 is 1.74. The lowest BCUT2D eigenvalue weighted by molar-refractivity contribution is 0.880. The van der Waals surface area contributed by atoms with Crippen LogP contribution in [-0.2, 0) is 6.54 Å². The lowest BCUT2D eigenvalue weighted by Crippen LogP contribution is -1.98.